The number of nitrogens with two attached hydrogens (primary N) is 1. The van der Waals surface area contributed by atoms with Gasteiger partial charge in [0.15, 0.2) is 11.5 Å². The number of carboxylic acids is 1. The summed E-state index contributed by atoms with van der Waals surface area (Å²) in [6.07, 6.45) is -5.00. The average molecular weight is 291 g/mol. The molecule has 110 valence electrons. The first-order chi connectivity index (χ1) is 9.30. The third-order valence-electron chi connectivity index (χ3n) is 2.82. The van der Waals surface area contributed by atoms with Crippen molar-refractivity contribution >= 4 is 5.97 Å². The molecule has 0 aromatic heterocycles. The van der Waals surface area contributed by atoms with E-state index in [9.17, 15) is 18.0 Å². The predicted octanol–water partition coefficient (Wildman–Crippen LogP) is 1.95. The summed E-state index contributed by atoms with van der Waals surface area (Å²) in [6.45, 7) is 0.0782. The molecule has 1 unspecified atom stereocenters. The average Bonchev–Trinajstić information content (AvgIpc) is 2.35. The van der Waals surface area contributed by atoms with Crippen LogP contribution in [0.2, 0.25) is 0 Å². The molecule has 1 aliphatic rings. The maximum absolute atomic E-state index is 12.9. The minimum absolute atomic E-state index is 0.00625. The largest absolute Gasteiger partial charge is 0.486 e. The lowest BCUT2D eigenvalue weighted by molar-refractivity contribution is -0.140. The number of hydrogen-bond acceptors (Lipinski definition) is 4. The normalized spacial score (nSPS) is 15.8. The highest BCUT2D eigenvalue weighted by atomic mass is 19.4. The van der Waals surface area contributed by atoms with E-state index in [-0.39, 0.29) is 24.5 Å². The van der Waals surface area contributed by atoms with Gasteiger partial charge >= 0.3 is 12.1 Å². The van der Waals surface area contributed by atoms with Gasteiger partial charge in [-0.1, -0.05) is 6.07 Å². The number of rotatable bonds is 3. The van der Waals surface area contributed by atoms with Crippen LogP contribution in [0.3, 0.4) is 0 Å². The number of fused-ring (bicyclic) bond motifs is 1. The van der Waals surface area contributed by atoms with Gasteiger partial charge in [0.25, 0.3) is 0 Å². The first-order valence-corrected chi connectivity index (χ1v) is 5.77. The van der Waals surface area contributed by atoms with Gasteiger partial charge in [0.2, 0.25) is 0 Å². The van der Waals surface area contributed by atoms with Crippen molar-refractivity contribution in [2.45, 2.75) is 18.6 Å². The number of ether oxygens (including phenoxy) is 2. The van der Waals surface area contributed by atoms with Crippen LogP contribution in [0.15, 0.2) is 12.1 Å². The molecule has 8 heteroatoms. The molecular weight excluding hydrogens is 279 g/mol. The Hall–Kier alpha value is -1.96. The summed E-state index contributed by atoms with van der Waals surface area (Å²) >= 11 is 0. The van der Waals surface area contributed by atoms with Gasteiger partial charge in [-0.15, -0.1) is 0 Å². The number of aliphatic carboxylic acids is 1. The van der Waals surface area contributed by atoms with Crippen LogP contribution >= 0.6 is 0 Å². The molecule has 0 bridgehead atoms. The third-order valence-corrected chi connectivity index (χ3v) is 2.82. The highest BCUT2D eigenvalue weighted by molar-refractivity contribution is 5.68. The second kappa shape index (κ2) is 5.20. The molecule has 5 nitrogen and oxygen atoms in total. The Morgan fingerprint density at radius 3 is 2.45 bits per heavy atom. The lowest BCUT2D eigenvalue weighted by Gasteiger charge is -2.26. The molecule has 0 aliphatic carbocycles. The SMILES string of the molecule is NC(CC(=O)O)c1ccc(C(F)(F)F)c2c1OCCO2. The Labute approximate surface area is 112 Å². The maximum Gasteiger partial charge on any atom is 0.420 e. The van der Waals surface area contributed by atoms with Crippen LogP contribution in [-0.2, 0) is 11.0 Å². The van der Waals surface area contributed by atoms with E-state index < -0.39 is 35.9 Å². The van der Waals surface area contributed by atoms with E-state index in [1.54, 1.807) is 0 Å². The van der Waals surface area contributed by atoms with E-state index in [1.165, 1.54) is 0 Å². The van der Waals surface area contributed by atoms with Crippen molar-refractivity contribution in [2.75, 3.05) is 13.2 Å². The fraction of sp³-hybridized carbons (Fsp3) is 0.417. The van der Waals surface area contributed by atoms with E-state index >= 15 is 0 Å². The minimum Gasteiger partial charge on any atom is -0.486 e. The topological polar surface area (TPSA) is 81.8 Å². The Bertz CT molecular complexity index is 530. The smallest absolute Gasteiger partial charge is 0.420 e. The van der Waals surface area contributed by atoms with E-state index in [0.717, 1.165) is 12.1 Å². The quantitative estimate of drug-likeness (QED) is 0.889. The van der Waals surface area contributed by atoms with Crippen molar-refractivity contribution < 1.29 is 32.5 Å². The number of carboxylic acid groups (broad SMARTS) is 1. The maximum atomic E-state index is 12.9. The van der Waals surface area contributed by atoms with Crippen molar-refractivity contribution in [1.82, 2.24) is 0 Å². The zero-order valence-electron chi connectivity index (χ0n) is 10.2. The summed E-state index contributed by atoms with van der Waals surface area (Å²) in [5.74, 6) is -1.70. The van der Waals surface area contributed by atoms with Crippen molar-refractivity contribution in [1.29, 1.82) is 0 Å². The summed E-state index contributed by atoms with van der Waals surface area (Å²) in [6, 6.07) is 0.986. The van der Waals surface area contributed by atoms with Crippen LogP contribution in [0.4, 0.5) is 13.2 Å². The van der Waals surface area contributed by atoms with Crippen LogP contribution in [0.1, 0.15) is 23.6 Å². The highest BCUT2D eigenvalue weighted by Crippen LogP contribution is 2.46. The minimum atomic E-state index is -4.58. The number of alkyl halides is 3. The molecule has 0 radical (unpaired) electrons. The first kappa shape index (κ1) is 14.4. The molecule has 1 atom stereocenters. The zero-order chi connectivity index (χ0) is 14.9. The van der Waals surface area contributed by atoms with Gasteiger partial charge in [-0.25, -0.2) is 0 Å². The standard InChI is InChI=1S/C12H12F3NO4/c13-12(14,15)7-2-1-6(8(16)5-9(17)18)10-11(7)20-4-3-19-10/h1-2,8H,3-5,16H2,(H,17,18). The molecule has 1 aromatic rings. The molecule has 1 aliphatic heterocycles. The number of halogens is 3. The molecule has 20 heavy (non-hydrogen) atoms. The number of carbonyl (C=O) groups is 1. The van der Waals surface area contributed by atoms with Gasteiger partial charge in [0.05, 0.1) is 6.42 Å². The van der Waals surface area contributed by atoms with Crippen molar-refractivity contribution in [2.24, 2.45) is 5.73 Å². The molecule has 0 saturated heterocycles. The van der Waals surface area contributed by atoms with Crippen LogP contribution in [-0.4, -0.2) is 24.3 Å². The van der Waals surface area contributed by atoms with Crippen molar-refractivity contribution in [3.8, 4) is 11.5 Å². The number of benzene rings is 1. The van der Waals surface area contributed by atoms with E-state index in [0.29, 0.717) is 0 Å². The fourth-order valence-electron chi connectivity index (χ4n) is 1.97. The zero-order valence-corrected chi connectivity index (χ0v) is 10.2. The van der Waals surface area contributed by atoms with Crippen LogP contribution in [0.5, 0.6) is 11.5 Å². The Kier molecular flexibility index (Phi) is 3.76. The molecule has 0 fully saturated rings. The van der Waals surface area contributed by atoms with Gasteiger partial charge in [-0.2, -0.15) is 13.2 Å². The molecule has 1 heterocycles. The first-order valence-electron chi connectivity index (χ1n) is 5.77. The number of hydrogen-bond donors (Lipinski definition) is 2. The molecule has 2 rings (SSSR count). The van der Waals surface area contributed by atoms with E-state index in [4.69, 9.17) is 20.3 Å². The van der Waals surface area contributed by atoms with Gasteiger partial charge in [0, 0.05) is 11.6 Å². The Morgan fingerprint density at radius 2 is 1.90 bits per heavy atom. The molecule has 0 amide bonds. The second-order valence-corrected chi connectivity index (χ2v) is 4.26. The van der Waals surface area contributed by atoms with E-state index in [1.807, 2.05) is 0 Å². The predicted molar refractivity (Wildman–Crippen MR) is 61.6 cm³/mol. The summed E-state index contributed by atoms with van der Waals surface area (Å²) < 4.78 is 48.8. The molecular formula is C12H12F3NO4. The summed E-state index contributed by atoms with van der Waals surface area (Å²) in [5.41, 5.74) is 4.91. The second-order valence-electron chi connectivity index (χ2n) is 4.26. The van der Waals surface area contributed by atoms with Gasteiger partial charge < -0.3 is 20.3 Å². The molecule has 3 N–H and O–H groups in total. The monoisotopic (exact) mass is 291 g/mol. The molecule has 0 saturated carbocycles. The van der Waals surface area contributed by atoms with Crippen molar-refractivity contribution in [3.05, 3.63) is 23.3 Å². The Morgan fingerprint density at radius 1 is 1.30 bits per heavy atom. The fourth-order valence-corrected chi connectivity index (χ4v) is 1.97. The molecule has 1 aromatic carbocycles. The van der Waals surface area contributed by atoms with Crippen LogP contribution < -0.4 is 15.2 Å². The summed E-state index contributed by atoms with van der Waals surface area (Å²) in [5, 5.41) is 8.70. The van der Waals surface area contributed by atoms with Gasteiger partial charge in [-0.3, -0.25) is 4.79 Å². The van der Waals surface area contributed by atoms with Gasteiger partial charge in [0.1, 0.15) is 18.8 Å². The lowest BCUT2D eigenvalue weighted by atomic mass is 10.00. The van der Waals surface area contributed by atoms with Crippen LogP contribution in [0, 0.1) is 0 Å². The van der Waals surface area contributed by atoms with Gasteiger partial charge in [-0.05, 0) is 6.07 Å². The third kappa shape index (κ3) is 2.79. The summed E-state index contributed by atoms with van der Waals surface area (Å²) in [4.78, 5) is 10.6. The molecule has 0 spiro atoms. The summed E-state index contributed by atoms with van der Waals surface area (Å²) in [7, 11) is 0. The van der Waals surface area contributed by atoms with Crippen molar-refractivity contribution in [3.63, 3.8) is 0 Å². The highest BCUT2D eigenvalue weighted by Gasteiger charge is 2.38. The van der Waals surface area contributed by atoms with Crippen LogP contribution in [0.25, 0.3) is 0 Å². The lowest BCUT2D eigenvalue weighted by Crippen LogP contribution is -2.23. The van der Waals surface area contributed by atoms with E-state index in [2.05, 4.69) is 0 Å². The Balaban J connectivity index is 2.48.